The minimum Gasteiger partial charge on any atom is -0.361 e. The van der Waals surface area contributed by atoms with Gasteiger partial charge in [0, 0.05) is 35.7 Å². The zero-order valence-corrected chi connectivity index (χ0v) is 17.0. The Bertz CT molecular complexity index is 906. The summed E-state index contributed by atoms with van der Waals surface area (Å²) in [6, 6.07) is 4.71. The molecular weight excluding hydrogens is 369 g/mol. The van der Waals surface area contributed by atoms with Gasteiger partial charge < -0.3 is 15.6 Å². The maximum Gasteiger partial charge on any atom is 0.209 e. The van der Waals surface area contributed by atoms with Crippen molar-refractivity contribution in [1.29, 1.82) is 0 Å². The van der Waals surface area contributed by atoms with E-state index in [-0.39, 0.29) is 5.82 Å². The first-order valence-corrected chi connectivity index (χ1v) is 10.8. The molecule has 0 unspecified atom stereocenters. The molecule has 0 aliphatic heterocycles. The number of aliphatic imine (C=N–C) groups is 1. The van der Waals surface area contributed by atoms with E-state index in [2.05, 4.69) is 25.3 Å². The predicted octanol–water partition coefficient (Wildman–Crippen LogP) is 1.73. The van der Waals surface area contributed by atoms with Crippen LogP contribution in [0.15, 0.2) is 29.4 Å². The molecular formula is C18H28FN5O2S. The number of sulfonamides is 1. The van der Waals surface area contributed by atoms with Crippen LogP contribution in [0.1, 0.15) is 26.3 Å². The van der Waals surface area contributed by atoms with Crippen LogP contribution in [-0.4, -0.2) is 50.8 Å². The molecule has 9 heteroatoms. The summed E-state index contributed by atoms with van der Waals surface area (Å²) < 4.78 is 38.7. The highest BCUT2D eigenvalue weighted by Gasteiger charge is 2.21. The molecule has 0 fully saturated rings. The normalized spacial score (nSPS) is 13.1. The fourth-order valence-corrected chi connectivity index (χ4v) is 3.90. The van der Waals surface area contributed by atoms with Gasteiger partial charge in [0.05, 0.1) is 12.8 Å². The van der Waals surface area contributed by atoms with Gasteiger partial charge in [-0.3, -0.25) is 4.99 Å². The van der Waals surface area contributed by atoms with Crippen LogP contribution >= 0.6 is 0 Å². The third-order valence-electron chi connectivity index (χ3n) is 3.85. The number of aromatic amines is 1. The Morgan fingerprint density at radius 1 is 1.30 bits per heavy atom. The summed E-state index contributed by atoms with van der Waals surface area (Å²) in [4.78, 5) is 7.55. The van der Waals surface area contributed by atoms with E-state index in [0.29, 0.717) is 25.6 Å². The molecule has 0 aliphatic carbocycles. The van der Waals surface area contributed by atoms with E-state index in [1.165, 1.54) is 12.1 Å². The molecule has 1 aromatic carbocycles. The molecule has 150 valence electrons. The maximum atomic E-state index is 13.3. The van der Waals surface area contributed by atoms with Crippen LogP contribution in [-0.2, 0) is 16.4 Å². The SMILES string of the molecule is CCNC(=NCC(C)(C)NS(C)(=O)=O)NCCc1c[nH]c2cc(F)ccc12. The zero-order valence-electron chi connectivity index (χ0n) is 16.2. The third kappa shape index (κ3) is 6.84. The number of nitrogens with one attached hydrogen (secondary N) is 4. The molecule has 0 amide bonds. The van der Waals surface area contributed by atoms with Crippen LogP contribution in [0.5, 0.6) is 0 Å². The number of hydrogen-bond acceptors (Lipinski definition) is 3. The molecule has 2 aromatic rings. The fourth-order valence-electron chi connectivity index (χ4n) is 2.83. The molecule has 7 nitrogen and oxygen atoms in total. The summed E-state index contributed by atoms with van der Waals surface area (Å²) in [5, 5.41) is 7.39. The second kappa shape index (κ2) is 8.71. The van der Waals surface area contributed by atoms with Crippen molar-refractivity contribution in [2.45, 2.75) is 32.7 Å². The summed E-state index contributed by atoms with van der Waals surface area (Å²) in [5.74, 6) is 0.354. The van der Waals surface area contributed by atoms with E-state index in [9.17, 15) is 12.8 Å². The monoisotopic (exact) mass is 397 g/mol. The number of hydrogen-bond donors (Lipinski definition) is 4. The smallest absolute Gasteiger partial charge is 0.209 e. The topological polar surface area (TPSA) is 98.4 Å². The minimum absolute atomic E-state index is 0.263. The molecule has 1 aromatic heterocycles. The number of fused-ring (bicyclic) bond motifs is 1. The number of halogens is 1. The standard InChI is InChI=1S/C18H28FN5O2S/c1-5-20-17(23-12-18(2,3)24-27(4,25)26)21-9-8-13-11-22-16-10-14(19)6-7-15(13)16/h6-7,10-11,22,24H,5,8-9,12H2,1-4H3,(H2,20,21,23). The van der Waals surface area contributed by atoms with Crippen LogP contribution in [0.4, 0.5) is 4.39 Å². The van der Waals surface area contributed by atoms with E-state index in [1.807, 2.05) is 13.1 Å². The highest BCUT2D eigenvalue weighted by Crippen LogP contribution is 2.19. The lowest BCUT2D eigenvalue weighted by atomic mass is 10.1. The van der Waals surface area contributed by atoms with E-state index in [4.69, 9.17) is 0 Å². The van der Waals surface area contributed by atoms with Crippen molar-refractivity contribution in [3.63, 3.8) is 0 Å². The van der Waals surface area contributed by atoms with Crippen LogP contribution in [0, 0.1) is 5.82 Å². The van der Waals surface area contributed by atoms with Crippen LogP contribution in [0.25, 0.3) is 10.9 Å². The summed E-state index contributed by atoms with van der Waals surface area (Å²) >= 11 is 0. The Hall–Kier alpha value is -2.13. The quantitative estimate of drug-likeness (QED) is 0.403. The fraction of sp³-hybridized carbons (Fsp3) is 0.500. The Labute approximate surface area is 159 Å². The lowest BCUT2D eigenvalue weighted by Gasteiger charge is -2.23. The molecule has 0 radical (unpaired) electrons. The van der Waals surface area contributed by atoms with Gasteiger partial charge in [-0.1, -0.05) is 0 Å². The number of guanidine groups is 1. The van der Waals surface area contributed by atoms with Gasteiger partial charge in [-0.2, -0.15) is 0 Å². The summed E-state index contributed by atoms with van der Waals surface area (Å²) in [5.41, 5.74) is 1.18. The second-order valence-corrected chi connectivity index (χ2v) is 8.88. The third-order valence-corrected chi connectivity index (χ3v) is 4.78. The molecule has 0 saturated carbocycles. The van der Waals surface area contributed by atoms with Gasteiger partial charge in [-0.15, -0.1) is 0 Å². The molecule has 0 atom stereocenters. The van der Waals surface area contributed by atoms with E-state index < -0.39 is 15.6 Å². The molecule has 0 spiro atoms. The predicted molar refractivity (Wildman–Crippen MR) is 108 cm³/mol. The molecule has 2 rings (SSSR count). The van der Waals surface area contributed by atoms with Crippen molar-refractivity contribution in [3.8, 4) is 0 Å². The number of rotatable bonds is 8. The number of H-pyrrole nitrogens is 1. The van der Waals surface area contributed by atoms with Crippen molar-refractivity contribution in [3.05, 3.63) is 35.8 Å². The van der Waals surface area contributed by atoms with Gasteiger partial charge in [-0.25, -0.2) is 17.5 Å². The van der Waals surface area contributed by atoms with Crippen LogP contribution in [0.2, 0.25) is 0 Å². The number of nitrogens with zero attached hydrogens (tertiary/aromatic N) is 1. The summed E-state index contributed by atoms with van der Waals surface area (Å²) in [7, 11) is -3.30. The van der Waals surface area contributed by atoms with Gasteiger partial charge >= 0.3 is 0 Å². The average Bonchev–Trinajstić information content (AvgIpc) is 2.92. The lowest BCUT2D eigenvalue weighted by Crippen LogP contribution is -2.47. The largest absolute Gasteiger partial charge is 0.361 e. The van der Waals surface area contributed by atoms with Crippen molar-refractivity contribution in [2.75, 3.05) is 25.9 Å². The first kappa shape index (κ1) is 21.2. The first-order valence-electron chi connectivity index (χ1n) is 8.86. The van der Waals surface area contributed by atoms with Gasteiger partial charge in [0.25, 0.3) is 0 Å². The second-order valence-electron chi connectivity index (χ2n) is 7.13. The molecule has 1 heterocycles. The van der Waals surface area contributed by atoms with E-state index in [0.717, 1.165) is 29.1 Å². The molecule has 4 N–H and O–H groups in total. The van der Waals surface area contributed by atoms with Crippen molar-refractivity contribution in [2.24, 2.45) is 4.99 Å². The minimum atomic E-state index is -3.30. The highest BCUT2D eigenvalue weighted by atomic mass is 32.2. The summed E-state index contributed by atoms with van der Waals surface area (Å²) in [6.45, 7) is 7.15. The van der Waals surface area contributed by atoms with Gasteiger partial charge in [0.2, 0.25) is 10.0 Å². The van der Waals surface area contributed by atoms with Gasteiger partial charge in [-0.05, 0) is 51.0 Å². The Morgan fingerprint density at radius 3 is 2.70 bits per heavy atom. The molecule has 0 aliphatic rings. The lowest BCUT2D eigenvalue weighted by molar-refractivity contribution is 0.464. The van der Waals surface area contributed by atoms with Gasteiger partial charge in [0.1, 0.15) is 5.82 Å². The summed E-state index contributed by atoms with van der Waals surface area (Å²) in [6.07, 6.45) is 3.75. The van der Waals surface area contributed by atoms with E-state index >= 15 is 0 Å². The van der Waals surface area contributed by atoms with Gasteiger partial charge in [0.15, 0.2) is 5.96 Å². The zero-order chi connectivity index (χ0) is 20.1. The first-order chi connectivity index (χ1) is 12.6. The molecule has 0 bridgehead atoms. The van der Waals surface area contributed by atoms with Crippen LogP contribution < -0.4 is 15.4 Å². The maximum absolute atomic E-state index is 13.3. The Morgan fingerprint density at radius 2 is 2.04 bits per heavy atom. The van der Waals surface area contributed by atoms with Crippen molar-refractivity contribution < 1.29 is 12.8 Å². The highest BCUT2D eigenvalue weighted by molar-refractivity contribution is 7.88. The van der Waals surface area contributed by atoms with Crippen molar-refractivity contribution >= 4 is 26.9 Å². The molecule has 0 saturated heterocycles. The Balaban J connectivity index is 1.97. The van der Waals surface area contributed by atoms with Crippen molar-refractivity contribution in [1.82, 2.24) is 20.3 Å². The Kier molecular flexibility index (Phi) is 6.83. The number of benzene rings is 1. The van der Waals surface area contributed by atoms with E-state index in [1.54, 1.807) is 19.9 Å². The van der Waals surface area contributed by atoms with Crippen LogP contribution in [0.3, 0.4) is 0 Å². The molecule has 27 heavy (non-hydrogen) atoms. The number of aromatic nitrogens is 1. The average molecular weight is 398 g/mol.